The molecule has 2 atom stereocenters. The van der Waals surface area contributed by atoms with Crippen LogP contribution in [-0.2, 0) is 16.0 Å². The zero-order chi connectivity index (χ0) is 13.1. The van der Waals surface area contributed by atoms with Gasteiger partial charge in [-0.15, -0.1) is 0 Å². The molecular weight excluding hydrogens is 250 g/mol. The van der Waals surface area contributed by atoms with Crippen molar-refractivity contribution in [1.82, 2.24) is 4.90 Å². The third-order valence-corrected chi connectivity index (χ3v) is 3.79. The fourth-order valence-corrected chi connectivity index (χ4v) is 2.76. The second-order valence-corrected chi connectivity index (χ2v) is 5.38. The van der Waals surface area contributed by atoms with Crippen molar-refractivity contribution in [3.05, 3.63) is 34.9 Å². The fourth-order valence-electron chi connectivity index (χ4n) is 2.64. The Bertz CT molecular complexity index is 418. The van der Waals surface area contributed by atoms with Crippen LogP contribution in [0.3, 0.4) is 0 Å². The first-order valence-corrected chi connectivity index (χ1v) is 6.48. The van der Waals surface area contributed by atoms with E-state index < -0.39 is 0 Å². The minimum atomic E-state index is -0.0988. The van der Waals surface area contributed by atoms with Crippen molar-refractivity contribution in [2.75, 3.05) is 27.2 Å². The summed E-state index contributed by atoms with van der Waals surface area (Å²) >= 11 is 5.87. The van der Waals surface area contributed by atoms with E-state index in [1.54, 1.807) is 0 Å². The third kappa shape index (κ3) is 3.03. The lowest BCUT2D eigenvalue weighted by molar-refractivity contribution is -0.146. The number of esters is 1. The summed E-state index contributed by atoms with van der Waals surface area (Å²) < 4.78 is 4.88. The van der Waals surface area contributed by atoms with Gasteiger partial charge in [0.25, 0.3) is 0 Å². The summed E-state index contributed by atoms with van der Waals surface area (Å²) in [6, 6.07) is 7.83. The molecule has 4 heteroatoms. The van der Waals surface area contributed by atoms with Gasteiger partial charge in [0.15, 0.2) is 0 Å². The Balaban J connectivity index is 2.07. The number of hydrogen-bond acceptors (Lipinski definition) is 3. The van der Waals surface area contributed by atoms with Crippen molar-refractivity contribution < 1.29 is 9.53 Å². The largest absolute Gasteiger partial charge is 0.469 e. The highest BCUT2D eigenvalue weighted by molar-refractivity contribution is 6.30. The molecule has 0 aliphatic carbocycles. The zero-order valence-electron chi connectivity index (χ0n) is 10.7. The van der Waals surface area contributed by atoms with Crippen LogP contribution in [-0.4, -0.2) is 38.1 Å². The fraction of sp³-hybridized carbons (Fsp3) is 0.500. The number of ether oxygens (including phenoxy) is 1. The minimum Gasteiger partial charge on any atom is -0.469 e. The molecule has 0 N–H and O–H groups in total. The number of halogens is 1. The molecule has 1 aromatic carbocycles. The van der Waals surface area contributed by atoms with Crippen LogP contribution in [0.25, 0.3) is 0 Å². The predicted molar refractivity (Wildman–Crippen MR) is 71.6 cm³/mol. The Morgan fingerprint density at radius 1 is 1.39 bits per heavy atom. The Hall–Kier alpha value is -1.06. The number of benzene rings is 1. The third-order valence-electron chi connectivity index (χ3n) is 3.54. The molecule has 0 bridgehead atoms. The summed E-state index contributed by atoms with van der Waals surface area (Å²) in [5.74, 6) is 0.206. The van der Waals surface area contributed by atoms with E-state index in [0.29, 0.717) is 5.92 Å². The van der Waals surface area contributed by atoms with Crippen LogP contribution in [0.1, 0.15) is 5.56 Å². The summed E-state index contributed by atoms with van der Waals surface area (Å²) in [6.45, 7) is 1.72. The van der Waals surface area contributed by atoms with Gasteiger partial charge in [0.05, 0.1) is 13.0 Å². The Morgan fingerprint density at radius 2 is 2.06 bits per heavy atom. The maximum atomic E-state index is 11.7. The van der Waals surface area contributed by atoms with Crippen molar-refractivity contribution in [2.45, 2.75) is 6.42 Å². The predicted octanol–water partition coefficient (Wildman–Crippen LogP) is 2.23. The molecule has 2 rings (SSSR count). The van der Waals surface area contributed by atoms with E-state index in [1.807, 2.05) is 31.3 Å². The molecule has 18 heavy (non-hydrogen) atoms. The SMILES string of the molecule is COC(=O)[C@H]1CN(C)C[C@@H]1Cc1ccc(Cl)cc1. The first kappa shape index (κ1) is 13.4. The van der Waals surface area contributed by atoms with E-state index in [4.69, 9.17) is 16.3 Å². The Morgan fingerprint density at radius 3 is 2.67 bits per heavy atom. The molecule has 0 amide bonds. The van der Waals surface area contributed by atoms with Crippen LogP contribution in [0, 0.1) is 11.8 Å². The molecule has 1 heterocycles. The molecule has 0 unspecified atom stereocenters. The van der Waals surface area contributed by atoms with Gasteiger partial charge in [-0.05, 0) is 37.1 Å². The summed E-state index contributed by atoms with van der Waals surface area (Å²) in [5, 5.41) is 0.742. The van der Waals surface area contributed by atoms with E-state index in [0.717, 1.165) is 24.5 Å². The molecule has 0 aromatic heterocycles. The Kier molecular flexibility index (Phi) is 4.25. The smallest absolute Gasteiger partial charge is 0.310 e. The van der Waals surface area contributed by atoms with Gasteiger partial charge in [-0.25, -0.2) is 0 Å². The monoisotopic (exact) mass is 267 g/mol. The highest BCUT2D eigenvalue weighted by Gasteiger charge is 2.36. The maximum Gasteiger partial charge on any atom is 0.310 e. The van der Waals surface area contributed by atoms with E-state index in [-0.39, 0.29) is 11.9 Å². The summed E-state index contributed by atoms with van der Waals surface area (Å²) in [5.41, 5.74) is 1.22. The van der Waals surface area contributed by atoms with Gasteiger partial charge in [0.1, 0.15) is 0 Å². The highest BCUT2D eigenvalue weighted by Crippen LogP contribution is 2.27. The van der Waals surface area contributed by atoms with Crippen LogP contribution >= 0.6 is 11.6 Å². The highest BCUT2D eigenvalue weighted by atomic mass is 35.5. The number of methoxy groups -OCH3 is 1. The van der Waals surface area contributed by atoms with Gasteiger partial charge in [-0.1, -0.05) is 23.7 Å². The standard InChI is InChI=1S/C14H18ClNO2/c1-16-8-11(13(9-16)14(17)18-2)7-10-3-5-12(15)6-4-10/h3-6,11,13H,7-9H2,1-2H3/t11-,13-/m0/s1. The van der Waals surface area contributed by atoms with E-state index >= 15 is 0 Å². The number of carbonyl (C=O) groups excluding carboxylic acids is 1. The zero-order valence-corrected chi connectivity index (χ0v) is 11.5. The quantitative estimate of drug-likeness (QED) is 0.787. The molecule has 0 spiro atoms. The van der Waals surface area contributed by atoms with Crippen molar-refractivity contribution in [3.63, 3.8) is 0 Å². The van der Waals surface area contributed by atoms with Gasteiger partial charge >= 0.3 is 5.97 Å². The molecule has 1 saturated heterocycles. The number of nitrogens with zero attached hydrogens (tertiary/aromatic N) is 1. The second-order valence-electron chi connectivity index (χ2n) is 4.94. The number of likely N-dealkylation sites (tertiary alicyclic amines) is 1. The topological polar surface area (TPSA) is 29.5 Å². The average molecular weight is 268 g/mol. The molecule has 1 aromatic rings. The van der Waals surface area contributed by atoms with E-state index in [9.17, 15) is 4.79 Å². The lowest BCUT2D eigenvalue weighted by Gasteiger charge is -2.16. The average Bonchev–Trinajstić information content (AvgIpc) is 2.72. The lowest BCUT2D eigenvalue weighted by Crippen LogP contribution is -2.25. The molecule has 0 saturated carbocycles. The second kappa shape index (κ2) is 5.72. The molecule has 1 aliphatic rings. The molecule has 0 radical (unpaired) electrons. The normalized spacial score (nSPS) is 24.2. The number of carbonyl (C=O) groups is 1. The molecule has 1 fully saturated rings. The molecule has 98 valence electrons. The number of hydrogen-bond donors (Lipinski definition) is 0. The number of rotatable bonds is 3. The Labute approximate surface area is 113 Å². The van der Waals surface area contributed by atoms with Crippen molar-refractivity contribution in [2.24, 2.45) is 11.8 Å². The van der Waals surface area contributed by atoms with Crippen LogP contribution in [0.15, 0.2) is 24.3 Å². The first-order chi connectivity index (χ1) is 8.60. The summed E-state index contributed by atoms with van der Waals surface area (Å²) in [6.07, 6.45) is 0.890. The van der Waals surface area contributed by atoms with Gasteiger partial charge in [0.2, 0.25) is 0 Å². The lowest BCUT2D eigenvalue weighted by atomic mass is 9.90. The summed E-state index contributed by atoms with van der Waals surface area (Å²) in [7, 11) is 3.50. The van der Waals surface area contributed by atoms with Crippen LogP contribution in [0.4, 0.5) is 0 Å². The van der Waals surface area contributed by atoms with Crippen molar-refractivity contribution >= 4 is 17.6 Å². The van der Waals surface area contributed by atoms with Gasteiger partial charge in [-0.3, -0.25) is 4.79 Å². The van der Waals surface area contributed by atoms with Gasteiger partial charge < -0.3 is 9.64 Å². The summed E-state index contributed by atoms with van der Waals surface area (Å²) in [4.78, 5) is 13.9. The molecular formula is C14H18ClNO2. The molecule has 1 aliphatic heterocycles. The molecule has 3 nitrogen and oxygen atoms in total. The van der Waals surface area contributed by atoms with Crippen molar-refractivity contribution in [3.8, 4) is 0 Å². The van der Waals surface area contributed by atoms with Crippen LogP contribution < -0.4 is 0 Å². The first-order valence-electron chi connectivity index (χ1n) is 6.11. The van der Waals surface area contributed by atoms with E-state index in [1.165, 1.54) is 12.7 Å². The van der Waals surface area contributed by atoms with Gasteiger partial charge in [-0.2, -0.15) is 0 Å². The maximum absolute atomic E-state index is 11.7. The minimum absolute atomic E-state index is 0.0179. The van der Waals surface area contributed by atoms with Gasteiger partial charge in [0, 0.05) is 18.1 Å². The van der Waals surface area contributed by atoms with Crippen LogP contribution in [0.5, 0.6) is 0 Å². The van der Waals surface area contributed by atoms with Crippen molar-refractivity contribution in [1.29, 1.82) is 0 Å². The van der Waals surface area contributed by atoms with E-state index in [2.05, 4.69) is 4.90 Å². The van der Waals surface area contributed by atoms with Crippen LogP contribution in [0.2, 0.25) is 5.02 Å².